The second-order valence-electron chi connectivity index (χ2n) is 5.39. The summed E-state index contributed by atoms with van der Waals surface area (Å²) in [5.41, 5.74) is 1.82. The fraction of sp³-hybridized carbons (Fsp3) is 0.412. The van der Waals surface area contributed by atoms with Gasteiger partial charge in [0.05, 0.1) is 6.54 Å². The largest absolute Gasteiger partial charge is 0.479 e. The predicted molar refractivity (Wildman–Crippen MR) is 80.4 cm³/mol. The minimum atomic E-state index is -2.61. The number of hydrogen-bond donors (Lipinski definition) is 0. The van der Waals surface area contributed by atoms with E-state index in [1.165, 1.54) is 0 Å². The maximum absolute atomic E-state index is 12.8. The van der Waals surface area contributed by atoms with E-state index in [4.69, 9.17) is 10.00 Å². The van der Waals surface area contributed by atoms with Crippen LogP contribution in [0.25, 0.3) is 5.70 Å². The molecule has 1 atom stereocenters. The summed E-state index contributed by atoms with van der Waals surface area (Å²) >= 11 is 0. The fourth-order valence-corrected chi connectivity index (χ4v) is 2.48. The molecule has 1 aliphatic rings. The van der Waals surface area contributed by atoms with Crippen molar-refractivity contribution < 1.29 is 51.0 Å². The molecule has 1 aromatic carbocycles. The third-order valence-electron chi connectivity index (χ3n) is 3.61. The average molecular weight is 408 g/mol. The number of halogens is 2. The Hall–Kier alpha value is -1.32. The van der Waals surface area contributed by atoms with Crippen molar-refractivity contribution in [2.24, 2.45) is 5.92 Å². The van der Waals surface area contributed by atoms with Gasteiger partial charge in [0.2, 0.25) is 5.91 Å². The summed E-state index contributed by atoms with van der Waals surface area (Å²) in [6.07, 6.45) is 0.861. The van der Waals surface area contributed by atoms with Crippen LogP contribution >= 0.6 is 0 Å². The molecule has 1 amide bonds. The molecule has 0 aliphatic carbocycles. The summed E-state index contributed by atoms with van der Waals surface area (Å²) in [5.74, 6) is -0.149. The van der Waals surface area contributed by atoms with E-state index in [2.05, 4.69) is 6.08 Å². The van der Waals surface area contributed by atoms with Crippen molar-refractivity contribution >= 4 is 11.6 Å². The number of allylic oxidation sites excluding steroid dienone is 1. The van der Waals surface area contributed by atoms with E-state index in [1.807, 2.05) is 6.07 Å². The fourth-order valence-electron chi connectivity index (χ4n) is 2.48. The van der Waals surface area contributed by atoms with E-state index in [-0.39, 0.29) is 51.1 Å². The molecule has 0 aromatic heterocycles. The van der Waals surface area contributed by atoms with Gasteiger partial charge in [0.15, 0.2) is 6.61 Å². The number of nitrogens with zero attached hydrogens (tertiary/aromatic N) is 2. The molecule has 125 valence electrons. The van der Waals surface area contributed by atoms with Crippen molar-refractivity contribution in [2.45, 2.75) is 26.7 Å². The van der Waals surface area contributed by atoms with E-state index in [0.29, 0.717) is 23.4 Å². The van der Waals surface area contributed by atoms with Gasteiger partial charge in [0, 0.05) is 38.6 Å². The first-order chi connectivity index (χ1) is 10.9. The zero-order chi connectivity index (χ0) is 17.0. The van der Waals surface area contributed by atoms with Crippen LogP contribution in [0.4, 0.5) is 8.78 Å². The van der Waals surface area contributed by atoms with Crippen LogP contribution in [-0.4, -0.2) is 30.4 Å². The Labute approximate surface area is 165 Å². The van der Waals surface area contributed by atoms with Crippen LogP contribution in [0.1, 0.15) is 24.5 Å². The van der Waals surface area contributed by atoms with Gasteiger partial charge in [-0.15, -0.1) is 22.9 Å². The topological polar surface area (TPSA) is 53.3 Å². The number of amides is 1. The molecule has 0 N–H and O–H groups in total. The van der Waals surface area contributed by atoms with Gasteiger partial charge in [0.1, 0.15) is 11.8 Å². The number of alkyl halides is 2. The van der Waals surface area contributed by atoms with Crippen molar-refractivity contribution in [1.82, 2.24) is 4.90 Å². The minimum absolute atomic E-state index is 0. The summed E-state index contributed by atoms with van der Waals surface area (Å²) in [7, 11) is 0. The molecule has 4 nitrogen and oxygen atoms in total. The van der Waals surface area contributed by atoms with Gasteiger partial charge < -0.3 is 9.64 Å². The molecular weight excluding hydrogens is 391 g/mol. The average Bonchev–Trinajstić information content (AvgIpc) is 2.50. The zero-order valence-electron chi connectivity index (χ0n) is 13.6. The monoisotopic (exact) mass is 408 g/mol. The van der Waals surface area contributed by atoms with Gasteiger partial charge >= 0.3 is 0 Å². The predicted octanol–water partition coefficient (Wildman–Crippen LogP) is 3.17. The van der Waals surface area contributed by atoms with Gasteiger partial charge in [0.25, 0.3) is 6.43 Å². The van der Waals surface area contributed by atoms with E-state index in [0.717, 1.165) is 10.5 Å². The van der Waals surface area contributed by atoms with Crippen LogP contribution in [0.5, 0.6) is 5.75 Å². The first-order valence-corrected chi connectivity index (χ1v) is 7.25. The molecule has 0 saturated heterocycles. The smallest absolute Gasteiger partial charge is 0.256 e. The molecule has 0 fully saturated rings. The molecule has 0 saturated carbocycles. The molecule has 1 unspecified atom stereocenters. The van der Waals surface area contributed by atoms with Crippen LogP contribution in [0.2, 0.25) is 0 Å². The third kappa shape index (κ3) is 4.84. The first-order valence-electron chi connectivity index (χ1n) is 7.25. The van der Waals surface area contributed by atoms with Gasteiger partial charge in [-0.3, -0.25) is 4.79 Å². The second-order valence-corrected chi connectivity index (χ2v) is 5.39. The number of nitriles is 1. The second kappa shape index (κ2) is 9.24. The van der Waals surface area contributed by atoms with E-state index in [9.17, 15) is 13.6 Å². The van der Waals surface area contributed by atoms with Crippen LogP contribution < -0.4 is 4.74 Å². The number of ether oxygens (including phenoxy) is 1. The van der Waals surface area contributed by atoms with E-state index in [1.54, 1.807) is 32.0 Å². The Morgan fingerprint density at radius 1 is 1.50 bits per heavy atom. The third-order valence-corrected chi connectivity index (χ3v) is 3.61. The van der Waals surface area contributed by atoms with Gasteiger partial charge in [-0.2, -0.15) is 5.26 Å². The van der Waals surface area contributed by atoms with Gasteiger partial charge in [-0.25, -0.2) is 14.9 Å². The Bertz CT molecular complexity index is 671. The number of rotatable bonds is 5. The Balaban J connectivity index is 0.00000288. The Morgan fingerprint density at radius 2 is 2.21 bits per heavy atom. The molecule has 7 heteroatoms. The Kier molecular flexibility index (Phi) is 7.98. The summed E-state index contributed by atoms with van der Waals surface area (Å²) in [6, 6.07) is 6.94. The van der Waals surface area contributed by atoms with Crippen LogP contribution in [0.15, 0.2) is 18.2 Å². The number of aryl methyl sites for hydroxylation is 1. The first kappa shape index (κ1) is 20.7. The summed E-state index contributed by atoms with van der Waals surface area (Å²) in [4.78, 5) is 13.3. The Morgan fingerprint density at radius 3 is 2.79 bits per heavy atom. The van der Waals surface area contributed by atoms with Crippen LogP contribution in [-0.2, 0) is 37.5 Å². The quantitative estimate of drug-likeness (QED) is 0.704. The number of benzene rings is 1. The summed E-state index contributed by atoms with van der Waals surface area (Å²) in [6.45, 7) is 2.79. The normalized spacial score (nSPS) is 17.2. The number of hydrogen-bond acceptors (Lipinski definition) is 3. The van der Waals surface area contributed by atoms with Crippen molar-refractivity contribution in [3.8, 4) is 11.8 Å². The SMILES string of the molecule is Cc1cc(OCC#N)ccc1C1=[C-]CC(C)C(=O)N1CC(F)F.[Y]. The van der Waals surface area contributed by atoms with Crippen molar-refractivity contribution in [2.75, 3.05) is 13.2 Å². The maximum atomic E-state index is 12.8. The molecular formula is C17H17F2N2O2Y-. The molecule has 0 spiro atoms. The van der Waals surface area contributed by atoms with Gasteiger partial charge in [-0.05, 0) is 12.1 Å². The molecule has 2 rings (SSSR count). The number of carbonyl (C=O) groups is 1. The summed E-state index contributed by atoms with van der Waals surface area (Å²) < 4.78 is 30.9. The standard InChI is InChI=1S/C17H17F2N2O2.Y/c1-11-3-6-15(21(17(11)22)10-16(18)19)14-5-4-13(9-12(14)2)23-8-7-20;/h4-5,9,11,16H,3,8,10H2,1-2H3;/q-1;. The minimum Gasteiger partial charge on any atom is -0.479 e. The molecule has 24 heavy (non-hydrogen) atoms. The van der Waals surface area contributed by atoms with Crippen LogP contribution in [0, 0.1) is 30.2 Å². The number of carbonyl (C=O) groups excluding carboxylic acids is 1. The van der Waals surface area contributed by atoms with Gasteiger partial charge in [-0.1, -0.05) is 20.3 Å². The van der Waals surface area contributed by atoms with Crippen molar-refractivity contribution in [1.29, 1.82) is 5.26 Å². The molecule has 1 radical (unpaired) electrons. The maximum Gasteiger partial charge on any atom is 0.256 e. The van der Waals surface area contributed by atoms with Crippen molar-refractivity contribution in [3.63, 3.8) is 0 Å². The van der Waals surface area contributed by atoms with Crippen molar-refractivity contribution in [3.05, 3.63) is 35.4 Å². The van der Waals surface area contributed by atoms with E-state index < -0.39 is 13.0 Å². The summed E-state index contributed by atoms with van der Waals surface area (Å²) in [5, 5.41) is 8.52. The zero-order valence-corrected chi connectivity index (χ0v) is 16.4. The van der Waals surface area contributed by atoms with Crippen LogP contribution in [0.3, 0.4) is 0 Å². The van der Waals surface area contributed by atoms with E-state index >= 15 is 0 Å². The molecule has 0 bridgehead atoms. The molecule has 1 aliphatic heterocycles. The molecule has 1 heterocycles. The molecule has 1 aromatic rings.